The SMILES string of the molecule is Cc1cccc(-c2ccc(CC(NC(=O)OC(C)(C)C)C(=O)O)o2)c1. The smallest absolute Gasteiger partial charge is 0.408 e. The van der Waals surface area contributed by atoms with Crippen LogP contribution in [0.4, 0.5) is 4.79 Å². The number of carbonyl (C=O) groups excluding carboxylic acids is 1. The van der Waals surface area contributed by atoms with Crippen molar-refractivity contribution in [3.63, 3.8) is 0 Å². The fraction of sp³-hybridized carbons (Fsp3) is 0.368. The maximum absolute atomic E-state index is 11.8. The number of carbonyl (C=O) groups is 2. The summed E-state index contributed by atoms with van der Waals surface area (Å²) in [4.78, 5) is 23.2. The molecular formula is C19H23NO5. The molecule has 0 saturated carbocycles. The summed E-state index contributed by atoms with van der Waals surface area (Å²) >= 11 is 0. The number of ether oxygens (including phenoxy) is 1. The molecule has 1 aromatic heterocycles. The van der Waals surface area contributed by atoms with Gasteiger partial charge in [0.15, 0.2) is 0 Å². The molecule has 25 heavy (non-hydrogen) atoms. The predicted octanol–water partition coefficient (Wildman–Crippen LogP) is 3.78. The van der Waals surface area contributed by atoms with E-state index in [1.54, 1.807) is 32.9 Å². The van der Waals surface area contributed by atoms with E-state index in [0.717, 1.165) is 11.1 Å². The minimum atomic E-state index is -1.15. The molecule has 6 heteroatoms. The van der Waals surface area contributed by atoms with E-state index >= 15 is 0 Å². The van der Waals surface area contributed by atoms with Crippen molar-refractivity contribution in [2.45, 2.75) is 45.8 Å². The molecule has 134 valence electrons. The number of hydrogen-bond donors (Lipinski definition) is 2. The first-order valence-corrected chi connectivity index (χ1v) is 8.02. The van der Waals surface area contributed by atoms with E-state index < -0.39 is 23.7 Å². The molecule has 0 aliphatic heterocycles. The average Bonchev–Trinajstić information content (AvgIpc) is 2.93. The topological polar surface area (TPSA) is 88.8 Å². The predicted molar refractivity (Wildman–Crippen MR) is 93.4 cm³/mol. The normalized spacial score (nSPS) is 12.5. The first-order chi connectivity index (χ1) is 11.6. The van der Waals surface area contributed by atoms with Crippen molar-refractivity contribution in [3.05, 3.63) is 47.7 Å². The van der Waals surface area contributed by atoms with E-state index in [1.807, 2.05) is 31.2 Å². The summed E-state index contributed by atoms with van der Waals surface area (Å²) in [7, 11) is 0. The third-order valence-corrected chi connectivity index (χ3v) is 3.36. The van der Waals surface area contributed by atoms with Crippen LogP contribution in [0.15, 0.2) is 40.8 Å². The van der Waals surface area contributed by atoms with E-state index in [0.29, 0.717) is 11.5 Å². The number of furan rings is 1. The number of nitrogens with one attached hydrogen (secondary N) is 1. The van der Waals surface area contributed by atoms with Gasteiger partial charge in [-0.15, -0.1) is 0 Å². The molecule has 2 N–H and O–H groups in total. The average molecular weight is 345 g/mol. The Labute approximate surface area is 146 Å². The summed E-state index contributed by atoms with van der Waals surface area (Å²) in [6, 6.07) is 10.2. The minimum absolute atomic E-state index is 0.0282. The highest BCUT2D eigenvalue weighted by molar-refractivity contribution is 5.80. The summed E-state index contributed by atoms with van der Waals surface area (Å²) in [5.41, 5.74) is 1.32. The van der Waals surface area contributed by atoms with E-state index in [9.17, 15) is 14.7 Å². The number of aryl methyl sites for hydroxylation is 1. The van der Waals surface area contributed by atoms with Gasteiger partial charge in [0.2, 0.25) is 0 Å². The van der Waals surface area contributed by atoms with Crippen LogP contribution in [0.25, 0.3) is 11.3 Å². The number of benzene rings is 1. The van der Waals surface area contributed by atoms with Gasteiger partial charge in [-0.1, -0.05) is 23.8 Å². The van der Waals surface area contributed by atoms with Crippen LogP contribution in [0, 0.1) is 6.92 Å². The maximum Gasteiger partial charge on any atom is 0.408 e. The Morgan fingerprint density at radius 1 is 1.24 bits per heavy atom. The molecule has 0 aliphatic carbocycles. The summed E-state index contributed by atoms with van der Waals surface area (Å²) < 4.78 is 10.8. The molecule has 1 amide bonds. The fourth-order valence-corrected chi connectivity index (χ4v) is 2.29. The Balaban J connectivity index is 2.08. The number of rotatable bonds is 5. The van der Waals surface area contributed by atoms with E-state index in [-0.39, 0.29) is 6.42 Å². The molecule has 0 aliphatic rings. The van der Waals surface area contributed by atoms with Crippen LogP contribution in [-0.2, 0) is 16.0 Å². The lowest BCUT2D eigenvalue weighted by molar-refractivity contribution is -0.139. The van der Waals surface area contributed by atoms with Gasteiger partial charge in [-0.3, -0.25) is 0 Å². The first-order valence-electron chi connectivity index (χ1n) is 8.02. The number of hydrogen-bond acceptors (Lipinski definition) is 4. The molecule has 1 heterocycles. The summed E-state index contributed by atoms with van der Waals surface area (Å²) in [6.07, 6.45) is -0.745. The molecule has 1 aromatic carbocycles. The van der Waals surface area contributed by atoms with Crippen LogP contribution in [0.1, 0.15) is 32.1 Å². The molecule has 0 saturated heterocycles. The number of amides is 1. The van der Waals surface area contributed by atoms with Gasteiger partial charge >= 0.3 is 12.1 Å². The van der Waals surface area contributed by atoms with Crippen molar-refractivity contribution in [1.82, 2.24) is 5.32 Å². The van der Waals surface area contributed by atoms with E-state index in [4.69, 9.17) is 9.15 Å². The number of carboxylic acid groups (broad SMARTS) is 1. The molecule has 1 atom stereocenters. The molecule has 6 nitrogen and oxygen atoms in total. The molecule has 2 aromatic rings. The van der Waals surface area contributed by atoms with Crippen molar-refractivity contribution >= 4 is 12.1 Å². The molecule has 0 radical (unpaired) electrons. The zero-order valence-corrected chi connectivity index (χ0v) is 14.8. The van der Waals surface area contributed by atoms with Gasteiger partial charge in [-0.2, -0.15) is 0 Å². The van der Waals surface area contributed by atoms with Crippen LogP contribution in [0.3, 0.4) is 0 Å². The molecule has 0 spiro atoms. The summed E-state index contributed by atoms with van der Waals surface area (Å²) in [5.74, 6) is -0.0283. The number of carboxylic acids is 1. The van der Waals surface area contributed by atoms with Gasteiger partial charge in [0.1, 0.15) is 23.2 Å². The Bertz CT molecular complexity index is 757. The van der Waals surface area contributed by atoms with Gasteiger partial charge in [0.05, 0.1) is 0 Å². The Morgan fingerprint density at radius 3 is 2.56 bits per heavy atom. The Kier molecular flexibility index (Phi) is 5.51. The highest BCUT2D eigenvalue weighted by Crippen LogP contribution is 2.23. The van der Waals surface area contributed by atoms with Crippen molar-refractivity contribution in [3.8, 4) is 11.3 Å². The number of alkyl carbamates (subject to hydrolysis) is 1. The van der Waals surface area contributed by atoms with Crippen molar-refractivity contribution < 1.29 is 23.8 Å². The lowest BCUT2D eigenvalue weighted by atomic mass is 10.1. The Hall–Kier alpha value is -2.76. The zero-order valence-electron chi connectivity index (χ0n) is 14.8. The van der Waals surface area contributed by atoms with Gasteiger partial charge in [-0.25, -0.2) is 9.59 Å². The van der Waals surface area contributed by atoms with Gasteiger partial charge in [-0.05, 0) is 45.9 Å². The summed E-state index contributed by atoms with van der Waals surface area (Å²) in [5, 5.41) is 11.7. The third kappa shape index (κ3) is 5.67. The fourth-order valence-electron chi connectivity index (χ4n) is 2.29. The third-order valence-electron chi connectivity index (χ3n) is 3.36. The standard InChI is InChI=1S/C19H23NO5/c1-12-6-5-7-13(10-12)16-9-8-14(24-16)11-15(17(21)22)20-18(23)25-19(2,3)4/h5-10,15H,11H2,1-4H3,(H,20,23)(H,21,22). The van der Waals surface area contributed by atoms with Crippen LogP contribution in [0.5, 0.6) is 0 Å². The van der Waals surface area contributed by atoms with E-state index in [1.165, 1.54) is 0 Å². The largest absolute Gasteiger partial charge is 0.480 e. The van der Waals surface area contributed by atoms with Crippen molar-refractivity contribution in [1.29, 1.82) is 0 Å². The van der Waals surface area contributed by atoms with Gasteiger partial charge in [0.25, 0.3) is 0 Å². The van der Waals surface area contributed by atoms with Crippen LogP contribution in [-0.4, -0.2) is 28.8 Å². The second-order valence-electron chi connectivity index (χ2n) is 6.88. The maximum atomic E-state index is 11.8. The lowest BCUT2D eigenvalue weighted by Gasteiger charge is -2.21. The highest BCUT2D eigenvalue weighted by atomic mass is 16.6. The molecule has 1 unspecified atom stereocenters. The minimum Gasteiger partial charge on any atom is -0.480 e. The van der Waals surface area contributed by atoms with E-state index in [2.05, 4.69) is 5.32 Å². The molecule has 0 bridgehead atoms. The quantitative estimate of drug-likeness (QED) is 0.861. The molecule has 2 rings (SSSR count). The second kappa shape index (κ2) is 7.42. The molecular weight excluding hydrogens is 322 g/mol. The van der Waals surface area contributed by atoms with Gasteiger partial charge < -0.3 is 19.6 Å². The Morgan fingerprint density at radius 2 is 1.96 bits per heavy atom. The van der Waals surface area contributed by atoms with Crippen LogP contribution >= 0.6 is 0 Å². The van der Waals surface area contributed by atoms with Crippen molar-refractivity contribution in [2.24, 2.45) is 0 Å². The first kappa shape index (κ1) is 18.6. The van der Waals surface area contributed by atoms with Crippen LogP contribution in [0.2, 0.25) is 0 Å². The summed E-state index contributed by atoms with van der Waals surface area (Å²) in [6.45, 7) is 7.12. The lowest BCUT2D eigenvalue weighted by Crippen LogP contribution is -2.44. The monoisotopic (exact) mass is 345 g/mol. The highest BCUT2D eigenvalue weighted by Gasteiger charge is 2.25. The van der Waals surface area contributed by atoms with Crippen LogP contribution < -0.4 is 5.32 Å². The van der Waals surface area contributed by atoms with Gasteiger partial charge in [0, 0.05) is 12.0 Å². The molecule has 0 fully saturated rings. The zero-order chi connectivity index (χ0) is 18.6. The van der Waals surface area contributed by atoms with Crippen molar-refractivity contribution in [2.75, 3.05) is 0 Å². The second-order valence-corrected chi connectivity index (χ2v) is 6.88. The number of aliphatic carboxylic acids is 1.